The molecule has 1 aromatic heterocycles. The Hall–Kier alpha value is -2.47. The number of rotatable bonds is 5. The van der Waals surface area contributed by atoms with Crippen molar-refractivity contribution in [3.8, 4) is 0 Å². The quantitative estimate of drug-likeness (QED) is 0.644. The topological polar surface area (TPSA) is 88.3 Å². The maximum Gasteiger partial charge on any atom is 0.310 e. The first-order valence-corrected chi connectivity index (χ1v) is 6.11. The lowest BCUT2D eigenvalue weighted by Gasteiger charge is -2.24. The molecular formula is C14H15N3O3. The summed E-state index contributed by atoms with van der Waals surface area (Å²) in [5.74, 6) is 0. The van der Waals surface area contributed by atoms with E-state index >= 15 is 0 Å². The summed E-state index contributed by atoms with van der Waals surface area (Å²) in [5.41, 5.74) is -0.167. The van der Waals surface area contributed by atoms with E-state index in [1.54, 1.807) is 6.92 Å². The summed E-state index contributed by atoms with van der Waals surface area (Å²) in [6.07, 6.45) is 2.64. The van der Waals surface area contributed by atoms with Gasteiger partial charge in [0, 0.05) is 12.7 Å². The second kappa shape index (κ2) is 5.66. The Morgan fingerprint density at radius 1 is 1.35 bits per heavy atom. The first-order chi connectivity index (χ1) is 9.50. The summed E-state index contributed by atoms with van der Waals surface area (Å²) < 4.78 is 0. The Balaban J connectivity index is 2.15. The van der Waals surface area contributed by atoms with Crippen molar-refractivity contribution in [3.05, 3.63) is 64.5 Å². The zero-order valence-electron chi connectivity index (χ0n) is 11.0. The number of aromatic nitrogens is 1. The molecule has 2 N–H and O–H groups in total. The first-order valence-electron chi connectivity index (χ1n) is 6.11. The molecule has 104 valence electrons. The Morgan fingerprint density at radius 2 is 2.05 bits per heavy atom. The summed E-state index contributed by atoms with van der Waals surface area (Å²) in [5, 5.41) is 24.2. The van der Waals surface area contributed by atoms with Crippen molar-refractivity contribution in [2.75, 3.05) is 11.9 Å². The van der Waals surface area contributed by atoms with Crippen molar-refractivity contribution in [2.45, 2.75) is 12.5 Å². The van der Waals surface area contributed by atoms with Crippen molar-refractivity contribution in [1.29, 1.82) is 0 Å². The van der Waals surface area contributed by atoms with Gasteiger partial charge in [0.05, 0.1) is 4.92 Å². The molecule has 0 saturated heterocycles. The molecule has 0 unspecified atom stereocenters. The Morgan fingerprint density at radius 3 is 2.70 bits per heavy atom. The monoisotopic (exact) mass is 273 g/mol. The van der Waals surface area contributed by atoms with E-state index < -0.39 is 10.5 Å². The average Bonchev–Trinajstić information content (AvgIpc) is 2.46. The summed E-state index contributed by atoms with van der Waals surface area (Å²) >= 11 is 0. The lowest BCUT2D eigenvalue weighted by molar-refractivity contribution is -0.384. The fourth-order valence-electron chi connectivity index (χ4n) is 1.85. The SMILES string of the molecule is C[C@@](O)(CNc1ccncc1[N+](=O)[O-])c1ccccc1. The van der Waals surface area contributed by atoms with Crippen molar-refractivity contribution >= 4 is 11.4 Å². The highest BCUT2D eigenvalue weighted by Gasteiger charge is 2.24. The number of nitrogens with one attached hydrogen (secondary N) is 1. The van der Waals surface area contributed by atoms with Crippen molar-refractivity contribution in [1.82, 2.24) is 4.98 Å². The molecule has 6 heteroatoms. The van der Waals surface area contributed by atoms with Crippen LogP contribution in [0.5, 0.6) is 0 Å². The van der Waals surface area contributed by atoms with Gasteiger partial charge in [0.2, 0.25) is 0 Å². The van der Waals surface area contributed by atoms with Crippen LogP contribution < -0.4 is 5.32 Å². The minimum atomic E-state index is -1.13. The van der Waals surface area contributed by atoms with E-state index in [4.69, 9.17) is 0 Å². The molecule has 1 heterocycles. The van der Waals surface area contributed by atoms with Crippen LogP contribution >= 0.6 is 0 Å². The maximum absolute atomic E-state index is 10.9. The summed E-state index contributed by atoms with van der Waals surface area (Å²) in [6.45, 7) is 1.81. The molecule has 0 saturated carbocycles. The summed E-state index contributed by atoms with van der Waals surface area (Å²) in [7, 11) is 0. The second-order valence-electron chi connectivity index (χ2n) is 4.64. The van der Waals surface area contributed by atoms with E-state index in [1.807, 2.05) is 30.3 Å². The third-order valence-corrected chi connectivity index (χ3v) is 3.02. The van der Waals surface area contributed by atoms with Gasteiger partial charge in [-0.15, -0.1) is 0 Å². The molecular weight excluding hydrogens is 258 g/mol. The molecule has 0 aliphatic rings. The fraction of sp³-hybridized carbons (Fsp3) is 0.214. The molecule has 0 aliphatic heterocycles. The minimum Gasteiger partial charge on any atom is -0.384 e. The molecule has 0 radical (unpaired) electrons. The number of hydrogen-bond acceptors (Lipinski definition) is 5. The molecule has 1 atom stereocenters. The lowest BCUT2D eigenvalue weighted by Crippen LogP contribution is -2.30. The Bertz CT molecular complexity index is 600. The number of aliphatic hydroxyl groups is 1. The lowest BCUT2D eigenvalue weighted by atomic mass is 9.96. The van der Waals surface area contributed by atoms with Crippen LogP contribution in [0.25, 0.3) is 0 Å². The Labute approximate surface area is 116 Å². The number of hydrogen-bond donors (Lipinski definition) is 2. The van der Waals surface area contributed by atoms with Crippen LogP contribution in [0, 0.1) is 10.1 Å². The predicted octanol–water partition coefficient (Wildman–Crippen LogP) is 2.31. The van der Waals surface area contributed by atoms with Crippen LogP contribution in [0.2, 0.25) is 0 Å². The number of benzene rings is 1. The van der Waals surface area contributed by atoms with Crippen LogP contribution in [0.15, 0.2) is 48.8 Å². The van der Waals surface area contributed by atoms with Gasteiger partial charge in [0.1, 0.15) is 17.5 Å². The van der Waals surface area contributed by atoms with Gasteiger partial charge < -0.3 is 10.4 Å². The fourth-order valence-corrected chi connectivity index (χ4v) is 1.85. The van der Waals surface area contributed by atoms with E-state index in [-0.39, 0.29) is 12.2 Å². The highest BCUT2D eigenvalue weighted by molar-refractivity contribution is 5.59. The van der Waals surface area contributed by atoms with E-state index in [0.29, 0.717) is 5.69 Å². The molecule has 0 spiro atoms. The van der Waals surface area contributed by atoms with Crippen molar-refractivity contribution in [2.24, 2.45) is 0 Å². The zero-order chi connectivity index (χ0) is 14.6. The molecule has 2 aromatic rings. The van der Waals surface area contributed by atoms with Crippen LogP contribution in [0.3, 0.4) is 0 Å². The molecule has 1 aromatic carbocycles. The van der Waals surface area contributed by atoms with Crippen molar-refractivity contribution in [3.63, 3.8) is 0 Å². The number of anilines is 1. The Kier molecular flexibility index (Phi) is 3.95. The number of nitrogens with zero attached hydrogens (tertiary/aromatic N) is 2. The van der Waals surface area contributed by atoms with Crippen LogP contribution in [0.1, 0.15) is 12.5 Å². The van der Waals surface area contributed by atoms with Crippen LogP contribution in [0.4, 0.5) is 11.4 Å². The highest BCUT2D eigenvalue weighted by atomic mass is 16.6. The summed E-state index contributed by atoms with van der Waals surface area (Å²) in [6, 6.07) is 10.7. The average molecular weight is 273 g/mol. The molecule has 6 nitrogen and oxygen atoms in total. The third-order valence-electron chi connectivity index (χ3n) is 3.02. The molecule has 2 rings (SSSR count). The molecule has 0 bridgehead atoms. The highest BCUT2D eigenvalue weighted by Crippen LogP contribution is 2.25. The smallest absolute Gasteiger partial charge is 0.310 e. The first kappa shape index (κ1) is 14.0. The standard InChI is InChI=1S/C14H15N3O3/c1-14(18,11-5-3-2-4-6-11)10-16-12-7-8-15-9-13(12)17(19)20/h2-9,18H,10H2,1H3,(H,15,16)/t14-/m1/s1. The molecule has 20 heavy (non-hydrogen) atoms. The maximum atomic E-state index is 10.9. The van der Waals surface area contributed by atoms with Gasteiger partial charge in [-0.1, -0.05) is 30.3 Å². The number of nitro groups is 1. The van der Waals surface area contributed by atoms with E-state index in [1.165, 1.54) is 18.5 Å². The second-order valence-corrected chi connectivity index (χ2v) is 4.64. The van der Waals surface area contributed by atoms with E-state index in [0.717, 1.165) is 5.56 Å². The van der Waals surface area contributed by atoms with Gasteiger partial charge >= 0.3 is 5.69 Å². The van der Waals surface area contributed by atoms with Crippen LogP contribution in [-0.2, 0) is 5.60 Å². The van der Waals surface area contributed by atoms with E-state index in [9.17, 15) is 15.2 Å². The number of pyridine rings is 1. The molecule has 0 fully saturated rings. The van der Waals surface area contributed by atoms with Gasteiger partial charge in [-0.05, 0) is 18.6 Å². The minimum absolute atomic E-state index is 0.114. The van der Waals surface area contributed by atoms with Gasteiger partial charge in [0.15, 0.2) is 0 Å². The van der Waals surface area contributed by atoms with Gasteiger partial charge in [-0.2, -0.15) is 0 Å². The normalized spacial score (nSPS) is 13.5. The molecule has 0 aliphatic carbocycles. The third kappa shape index (κ3) is 3.10. The van der Waals surface area contributed by atoms with E-state index in [2.05, 4.69) is 10.3 Å². The predicted molar refractivity (Wildman–Crippen MR) is 75.4 cm³/mol. The molecule has 0 amide bonds. The van der Waals surface area contributed by atoms with Crippen LogP contribution in [-0.4, -0.2) is 21.6 Å². The van der Waals surface area contributed by atoms with Crippen molar-refractivity contribution < 1.29 is 10.0 Å². The zero-order valence-corrected chi connectivity index (χ0v) is 11.0. The van der Waals surface area contributed by atoms with Gasteiger partial charge in [0.25, 0.3) is 0 Å². The van der Waals surface area contributed by atoms with Gasteiger partial charge in [-0.25, -0.2) is 0 Å². The summed E-state index contributed by atoms with van der Waals surface area (Å²) in [4.78, 5) is 14.1. The van der Waals surface area contributed by atoms with Gasteiger partial charge in [-0.3, -0.25) is 15.1 Å². The largest absolute Gasteiger partial charge is 0.384 e.